The zero-order chi connectivity index (χ0) is 28.3. The molecular formula is C35H28I2N4. The maximum absolute atomic E-state index is 5.29. The summed E-state index contributed by atoms with van der Waals surface area (Å²) in [6.07, 6.45) is 5.18. The number of fused-ring (bicyclic) bond motifs is 8. The summed E-state index contributed by atoms with van der Waals surface area (Å²) < 4.78 is 2.36. The highest BCUT2D eigenvalue weighted by molar-refractivity contribution is 14.1. The number of hydrogen-bond donors (Lipinski definition) is 2. The van der Waals surface area contributed by atoms with E-state index in [0.717, 1.165) is 77.1 Å². The first-order valence-corrected chi connectivity index (χ1v) is 15.8. The van der Waals surface area contributed by atoms with Gasteiger partial charge < -0.3 is 9.97 Å². The minimum Gasteiger partial charge on any atom is -0.355 e. The van der Waals surface area contributed by atoms with Gasteiger partial charge in [0.2, 0.25) is 0 Å². The Bertz CT molecular complexity index is 2010. The van der Waals surface area contributed by atoms with Gasteiger partial charge in [0, 0.05) is 58.0 Å². The molecule has 0 radical (unpaired) electrons. The number of halogens is 2. The lowest BCUT2D eigenvalue weighted by molar-refractivity contribution is 0.543. The first-order chi connectivity index (χ1) is 19.7. The first kappa shape index (κ1) is 26.6. The van der Waals surface area contributed by atoms with Crippen LogP contribution in [0.2, 0.25) is 0 Å². The van der Waals surface area contributed by atoms with E-state index < -0.39 is 0 Å². The van der Waals surface area contributed by atoms with Crippen molar-refractivity contribution in [3.05, 3.63) is 114 Å². The highest BCUT2D eigenvalue weighted by Crippen LogP contribution is 2.36. The van der Waals surface area contributed by atoms with Crippen LogP contribution >= 0.6 is 45.2 Å². The molecule has 5 heterocycles. The molecule has 2 aromatic carbocycles. The Kier molecular flexibility index (Phi) is 6.65. The molecule has 6 heteroatoms. The van der Waals surface area contributed by atoms with Crippen LogP contribution in [0.5, 0.6) is 0 Å². The van der Waals surface area contributed by atoms with Crippen LogP contribution < -0.4 is 0 Å². The Balaban J connectivity index is 1.64. The third-order valence-electron chi connectivity index (χ3n) is 7.85. The predicted molar refractivity (Wildman–Crippen MR) is 188 cm³/mol. The van der Waals surface area contributed by atoms with E-state index >= 15 is 0 Å². The lowest BCUT2D eigenvalue weighted by Crippen LogP contribution is -2.14. The van der Waals surface area contributed by atoms with Crippen molar-refractivity contribution in [1.82, 2.24) is 19.9 Å². The molecule has 0 atom stereocenters. The number of H-pyrrole nitrogens is 2. The van der Waals surface area contributed by atoms with E-state index in [4.69, 9.17) is 9.97 Å². The fourth-order valence-electron chi connectivity index (χ4n) is 5.70. The van der Waals surface area contributed by atoms with Gasteiger partial charge in [0.05, 0.1) is 16.9 Å². The Hall–Kier alpha value is -3.24. The molecule has 41 heavy (non-hydrogen) atoms. The molecule has 2 N–H and O–H groups in total. The molecule has 0 fully saturated rings. The lowest BCUT2D eigenvalue weighted by atomic mass is 9.87. The fraction of sp³-hybridized carbons (Fsp3) is 0.143. The summed E-state index contributed by atoms with van der Waals surface area (Å²) in [5.74, 6) is 0. The minimum absolute atomic E-state index is 0.0622. The molecular weight excluding hydrogens is 730 g/mol. The number of hydrogen-bond acceptors (Lipinski definition) is 2. The van der Waals surface area contributed by atoms with Crippen molar-refractivity contribution in [3.8, 4) is 22.3 Å². The second kappa shape index (κ2) is 10.2. The molecule has 3 aromatic heterocycles. The normalized spacial score (nSPS) is 14.0. The highest BCUT2D eigenvalue weighted by atomic mass is 127. The standard InChI is InChI=1S/C35H28I2N4/c1-20-4-6-21(7-5-20)34-29-15-14-28(40-29)33(22-8-10-23(36)11-9-22)27-13-12-24(38-27)16-25-19-35(2,3)32(39-25)18-30-26(37)17-31(34)41-30/h4-18,38,41H,19H2,1-3H3. The van der Waals surface area contributed by atoms with Gasteiger partial charge >= 0.3 is 0 Å². The summed E-state index contributed by atoms with van der Waals surface area (Å²) in [5, 5.41) is 0. The van der Waals surface area contributed by atoms with Crippen LogP contribution in [0.4, 0.5) is 0 Å². The zero-order valence-electron chi connectivity index (χ0n) is 23.0. The second-order valence-electron chi connectivity index (χ2n) is 11.4. The predicted octanol–water partition coefficient (Wildman–Crippen LogP) is 9.86. The molecule has 0 amide bonds. The molecule has 202 valence electrons. The molecule has 0 unspecified atom stereocenters. The Labute approximate surface area is 266 Å². The van der Waals surface area contributed by atoms with Crippen LogP contribution in [-0.2, 0) is 11.8 Å². The van der Waals surface area contributed by atoms with Gasteiger partial charge in [-0.1, -0.05) is 55.8 Å². The smallest absolute Gasteiger partial charge is 0.0737 e. The number of aromatic amines is 2. The topological polar surface area (TPSA) is 57.4 Å². The minimum atomic E-state index is -0.0622. The summed E-state index contributed by atoms with van der Waals surface area (Å²) in [6.45, 7) is 6.67. The summed E-state index contributed by atoms with van der Waals surface area (Å²) in [5.41, 5.74) is 13.9. The lowest BCUT2D eigenvalue weighted by Gasteiger charge is -2.15. The van der Waals surface area contributed by atoms with Crippen molar-refractivity contribution in [2.75, 3.05) is 0 Å². The van der Waals surface area contributed by atoms with Gasteiger partial charge in [-0.25, -0.2) is 4.98 Å². The average Bonchev–Trinajstić information content (AvgIpc) is 3.71. The van der Waals surface area contributed by atoms with Crippen molar-refractivity contribution in [1.29, 1.82) is 0 Å². The monoisotopic (exact) mass is 758 g/mol. The van der Waals surface area contributed by atoms with Crippen molar-refractivity contribution >= 4 is 79.4 Å². The maximum Gasteiger partial charge on any atom is 0.0737 e. The van der Waals surface area contributed by atoms with Crippen LogP contribution in [0.25, 0.3) is 56.5 Å². The molecule has 7 rings (SSSR count). The second-order valence-corrected chi connectivity index (χ2v) is 13.9. The number of rotatable bonds is 2. The summed E-state index contributed by atoms with van der Waals surface area (Å²) in [7, 11) is 0. The van der Waals surface area contributed by atoms with E-state index in [-0.39, 0.29) is 5.41 Å². The van der Waals surface area contributed by atoms with Gasteiger partial charge in [-0.3, -0.25) is 4.98 Å². The van der Waals surface area contributed by atoms with E-state index in [1.807, 2.05) is 0 Å². The van der Waals surface area contributed by atoms with Gasteiger partial charge in [0.15, 0.2) is 0 Å². The number of nitrogens with zero attached hydrogens (tertiary/aromatic N) is 2. The molecule has 2 aliphatic heterocycles. The van der Waals surface area contributed by atoms with Crippen LogP contribution in [0.3, 0.4) is 0 Å². The van der Waals surface area contributed by atoms with E-state index in [0.29, 0.717) is 0 Å². The quantitative estimate of drug-likeness (QED) is 0.173. The molecule has 0 spiro atoms. The maximum atomic E-state index is 5.29. The largest absolute Gasteiger partial charge is 0.355 e. The Morgan fingerprint density at radius 3 is 2.05 bits per heavy atom. The van der Waals surface area contributed by atoms with E-state index in [1.165, 1.54) is 9.13 Å². The van der Waals surface area contributed by atoms with Crippen molar-refractivity contribution in [2.24, 2.45) is 0 Å². The van der Waals surface area contributed by atoms with E-state index in [9.17, 15) is 0 Å². The highest BCUT2D eigenvalue weighted by Gasteiger charge is 2.28. The number of benzene rings is 2. The van der Waals surface area contributed by atoms with E-state index in [2.05, 4.69) is 167 Å². The van der Waals surface area contributed by atoms with Crippen molar-refractivity contribution in [2.45, 2.75) is 32.6 Å². The number of nitrogens with one attached hydrogen (secondary N) is 2. The number of aromatic nitrogens is 4. The van der Waals surface area contributed by atoms with Crippen molar-refractivity contribution in [3.63, 3.8) is 0 Å². The molecule has 0 aliphatic carbocycles. The Morgan fingerprint density at radius 2 is 1.34 bits per heavy atom. The summed E-state index contributed by atoms with van der Waals surface area (Å²) in [6, 6.07) is 28.3. The Morgan fingerprint density at radius 1 is 0.683 bits per heavy atom. The molecule has 5 aromatic rings. The van der Waals surface area contributed by atoms with Crippen LogP contribution in [0.1, 0.15) is 42.2 Å². The van der Waals surface area contributed by atoms with E-state index in [1.54, 1.807) is 0 Å². The summed E-state index contributed by atoms with van der Waals surface area (Å²) in [4.78, 5) is 17.8. The van der Waals surface area contributed by atoms with Gasteiger partial charge in [0.25, 0.3) is 0 Å². The number of aryl methyl sites for hydroxylation is 1. The van der Waals surface area contributed by atoms with Gasteiger partial charge in [-0.05, 0) is 118 Å². The summed E-state index contributed by atoms with van der Waals surface area (Å²) >= 11 is 4.79. The third-order valence-corrected chi connectivity index (χ3v) is 9.47. The SMILES string of the molecule is Cc1ccc(-c2c3nc(c(-c4ccc(I)cc4)c4ccc(cc5nc(cc6[nH]c2cc6I)C(C)(C)C5)[nH]4)C=C3)cc1. The van der Waals surface area contributed by atoms with Crippen molar-refractivity contribution < 1.29 is 0 Å². The van der Waals surface area contributed by atoms with Gasteiger partial charge in [0.1, 0.15) is 0 Å². The first-order valence-electron chi connectivity index (χ1n) is 13.7. The van der Waals surface area contributed by atoms with Crippen LogP contribution in [0, 0.1) is 14.1 Å². The molecule has 8 bridgehead atoms. The van der Waals surface area contributed by atoms with Gasteiger partial charge in [-0.2, -0.15) is 0 Å². The van der Waals surface area contributed by atoms with Crippen LogP contribution in [0.15, 0.2) is 78.9 Å². The average molecular weight is 758 g/mol. The zero-order valence-corrected chi connectivity index (χ0v) is 27.3. The third kappa shape index (κ3) is 5.05. The van der Waals surface area contributed by atoms with Crippen LogP contribution in [-0.4, -0.2) is 19.9 Å². The molecule has 0 saturated carbocycles. The molecule has 4 nitrogen and oxygen atoms in total. The molecule has 2 aliphatic rings. The van der Waals surface area contributed by atoms with Gasteiger partial charge in [-0.15, -0.1) is 0 Å². The fourth-order valence-corrected chi connectivity index (χ4v) is 6.66. The molecule has 0 saturated heterocycles.